The summed E-state index contributed by atoms with van der Waals surface area (Å²) in [6.07, 6.45) is 0.639. The van der Waals surface area contributed by atoms with Crippen molar-refractivity contribution in [3.63, 3.8) is 0 Å². The van der Waals surface area contributed by atoms with Crippen LogP contribution in [0.5, 0.6) is 0 Å². The molecule has 1 aromatic rings. The summed E-state index contributed by atoms with van der Waals surface area (Å²) in [6, 6.07) is 0.727. The molecule has 0 aliphatic rings. The molecule has 0 aromatic heterocycles. The van der Waals surface area contributed by atoms with Crippen LogP contribution in [0.3, 0.4) is 0 Å². The zero-order chi connectivity index (χ0) is 15.7. The zero-order valence-electron chi connectivity index (χ0n) is 11.4. The van der Waals surface area contributed by atoms with Crippen LogP contribution in [0, 0.1) is 11.7 Å². The van der Waals surface area contributed by atoms with Gasteiger partial charge >= 0.3 is 0 Å². The van der Waals surface area contributed by atoms with Crippen molar-refractivity contribution in [2.75, 3.05) is 5.73 Å². The molecule has 1 atom stereocenters. The molecule has 1 rings (SSSR count). The molecule has 0 radical (unpaired) electrons. The molecule has 8 heteroatoms. The number of hydrogen-bond acceptors (Lipinski definition) is 3. The minimum atomic E-state index is -4.01. The summed E-state index contributed by atoms with van der Waals surface area (Å²) < 4.78 is 40.9. The first-order valence-electron chi connectivity index (χ1n) is 6.01. The van der Waals surface area contributed by atoms with Crippen LogP contribution in [0.25, 0.3) is 0 Å². The molecule has 0 aliphatic heterocycles. The fourth-order valence-corrected chi connectivity index (χ4v) is 3.81. The van der Waals surface area contributed by atoms with Crippen molar-refractivity contribution in [3.05, 3.63) is 21.4 Å². The smallest absolute Gasteiger partial charge is 0.243 e. The predicted molar refractivity (Wildman–Crippen MR) is 82.8 cm³/mol. The van der Waals surface area contributed by atoms with E-state index in [4.69, 9.17) is 17.3 Å². The maximum atomic E-state index is 14.0. The topological polar surface area (TPSA) is 72.2 Å². The van der Waals surface area contributed by atoms with Crippen LogP contribution in [0.1, 0.15) is 27.2 Å². The third-order valence-corrected chi connectivity index (χ3v) is 5.60. The monoisotopic (exact) mass is 386 g/mol. The maximum absolute atomic E-state index is 14.0. The van der Waals surface area contributed by atoms with Crippen LogP contribution >= 0.6 is 27.5 Å². The lowest BCUT2D eigenvalue weighted by atomic mass is 10.1. The van der Waals surface area contributed by atoms with E-state index in [0.717, 1.165) is 6.07 Å². The molecule has 0 heterocycles. The molecular formula is C12H17BrClFN2O2S. The van der Waals surface area contributed by atoms with Gasteiger partial charge in [-0.2, -0.15) is 0 Å². The van der Waals surface area contributed by atoms with Gasteiger partial charge in [0.1, 0.15) is 4.90 Å². The minimum Gasteiger partial charge on any atom is -0.395 e. The molecule has 20 heavy (non-hydrogen) atoms. The van der Waals surface area contributed by atoms with E-state index < -0.39 is 20.7 Å². The van der Waals surface area contributed by atoms with E-state index in [2.05, 4.69) is 20.7 Å². The third kappa shape index (κ3) is 4.07. The lowest BCUT2D eigenvalue weighted by Crippen LogP contribution is -2.34. The van der Waals surface area contributed by atoms with E-state index in [-0.39, 0.29) is 21.2 Å². The average Bonchev–Trinajstić information content (AvgIpc) is 2.29. The van der Waals surface area contributed by atoms with E-state index in [1.807, 2.05) is 13.8 Å². The molecule has 0 fully saturated rings. The van der Waals surface area contributed by atoms with Crippen LogP contribution in [0.4, 0.5) is 10.1 Å². The van der Waals surface area contributed by atoms with Gasteiger partial charge in [0.15, 0.2) is 5.82 Å². The summed E-state index contributed by atoms with van der Waals surface area (Å²) in [5.74, 6) is -0.693. The van der Waals surface area contributed by atoms with Crippen molar-refractivity contribution < 1.29 is 12.8 Å². The van der Waals surface area contributed by atoms with Crippen LogP contribution in [0.2, 0.25) is 5.02 Å². The van der Waals surface area contributed by atoms with Crippen molar-refractivity contribution in [3.8, 4) is 0 Å². The quantitative estimate of drug-likeness (QED) is 0.599. The Morgan fingerprint density at radius 2 is 2.00 bits per heavy atom. The number of nitrogen functional groups attached to an aromatic ring is 1. The van der Waals surface area contributed by atoms with Gasteiger partial charge < -0.3 is 5.73 Å². The van der Waals surface area contributed by atoms with E-state index in [1.54, 1.807) is 6.92 Å². The minimum absolute atomic E-state index is 0.0424. The van der Waals surface area contributed by atoms with Gasteiger partial charge in [0.25, 0.3) is 0 Å². The van der Waals surface area contributed by atoms with Crippen molar-refractivity contribution in [1.29, 1.82) is 0 Å². The van der Waals surface area contributed by atoms with E-state index in [9.17, 15) is 12.8 Å². The Labute approximate surface area is 132 Å². The number of hydrogen-bond donors (Lipinski definition) is 2. The van der Waals surface area contributed by atoms with E-state index in [1.165, 1.54) is 0 Å². The van der Waals surface area contributed by atoms with Gasteiger partial charge in [0, 0.05) is 6.04 Å². The molecule has 1 aromatic carbocycles. The highest BCUT2D eigenvalue weighted by molar-refractivity contribution is 9.10. The molecule has 0 saturated heterocycles. The van der Waals surface area contributed by atoms with Gasteiger partial charge in [-0.3, -0.25) is 0 Å². The maximum Gasteiger partial charge on any atom is 0.243 e. The van der Waals surface area contributed by atoms with Crippen LogP contribution in [0.15, 0.2) is 15.4 Å². The standard InChI is InChI=1S/C12H17BrClFN2O2S/c1-6(2)4-7(3)17-20(18,19)9-5-8(14)10(13)12(16)11(9)15/h5-7,17H,4,16H2,1-3H3. The molecule has 0 saturated carbocycles. The van der Waals surface area contributed by atoms with Crippen molar-refractivity contribution >= 4 is 43.2 Å². The van der Waals surface area contributed by atoms with E-state index in [0.29, 0.717) is 12.3 Å². The van der Waals surface area contributed by atoms with Crippen molar-refractivity contribution in [1.82, 2.24) is 4.72 Å². The van der Waals surface area contributed by atoms with Crippen LogP contribution in [-0.4, -0.2) is 14.5 Å². The van der Waals surface area contributed by atoms with Crippen molar-refractivity contribution in [2.24, 2.45) is 5.92 Å². The molecule has 1 unspecified atom stereocenters. The molecule has 0 bridgehead atoms. The lowest BCUT2D eigenvalue weighted by molar-refractivity contribution is 0.480. The molecule has 114 valence electrons. The molecule has 0 spiro atoms. The normalized spacial score (nSPS) is 13.8. The Morgan fingerprint density at radius 1 is 1.45 bits per heavy atom. The highest BCUT2D eigenvalue weighted by atomic mass is 79.9. The Kier molecular flexibility index (Phi) is 5.83. The molecule has 0 aliphatic carbocycles. The van der Waals surface area contributed by atoms with Gasteiger partial charge in [-0.1, -0.05) is 25.4 Å². The van der Waals surface area contributed by atoms with Gasteiger partial charge in [-0.05, 0) is 41.3 Å². The fourth-order valence-electron chi connectivity index (χ4n) is 1.88. The van der Waals surface area contributed by atoms with Crippen molar-refractivity contribution in [2.45, 2.75) is 38.1 Å². The number of anilines is 1. The first kappa shape index (κ1) is 17.7. The second kappa shape index (κ2) is 6.60. The largest absolute Gasteiger partial charge is 0.395 e. The number of rotatable bonds is 5. The number of benzene rings is 1. The summed E-state index contributed by atoms with van der Waals surface area (Å²) >= 11 is 8.83. The summed E-state index contributed by atoms with van der Waals surface area (Å²) in [4.78, 5) is -0.543. The second-order valence-corrected chi connectivity index (χ2v) is 7.93. The Morgan fingerprint density at radius 3 is 2.50 bits per heavy atom. The Bertz CT molecular complexity index is 608. The summed E-state index contributed by atoms with van der Waals surface area (Å²) in [7, 11) is -4.01. The summed E-state index contributed by atoms with van der Waals surface area (Å²) in [5.41, 5.74) is 5.17. The Hall–Kier alpha value is -0.370. The number of sulfonamides is 1. The average molecular weight is 388 g/mol. The summed E-state index contributed by atoms with van der Waals surface area (Å²) in [5, 5.41) is 0.0424. The van der Waals surface area contributed by atoms with Crippen LogP contribution in [-0.2, 0) is 10.0 Å². The Balaban J connectivity index is 3.17. The predicted octanol–water partition coefficient (Wildman–Crippen LogP) is 3.54. The van der Waals surface area contributed by atoms with Gasteiger partial charge in [-0.25, -0.2) is 17.5 Å². The molecule has 4 nitrogen and oxygen atoms in total. The summed E-state index contributed by atoms with van der Waals surface area (Å²) in [6.45, 7) is 5.67. The number of nitrogens with one attached hydrogen (secondary N) is 1. The van der Waals surface area contributed by atoms with Gasteiger partial charge in [-0.15, -0.1) is 0 Å². The van der Waals surface area contributed by atoms with Crippen LogP contribution < -0.4 is 10.5 Å². The highest BCUT2D eigenvalue weighted by Gasteiger charge is 2.25. The number of nitrogens with two attached hydrogens (primary N) is 1. The molecule has 3 N–H and O–H groups in total. The van der Waals surface area contributed by atoms with Gasteiger partial charge in [0.2, 0.25) is 10.0 Å². The highest BCUT2D eigenvalue weighted by Crippen LogP contribution is 2.34. The molecular weight excluding hydrogens is 371 g/mol. The lowest BCUT2D eigenvalue weighted by Gasteiger charge is -2.17. The fraction of sp³-hybridized carbons (Fsp3) is 0.500. The van der Waals surface area contributed by atoms with E-state index >= 15 is 0 Å². The molecule has 0 amide bonds. The second-order valence-electron chi connectivity index (χ2n) is 5.05. The SMILES string of the molecule is CC(C)CC(C)NS(=O)(=O)c1cc(Cl)c(Br)c(N)c1F. The first-order chi connectivity index (χ1) is 9.06. The number of halogens is 3. The van der Waals surface area contributed by atoms with Gasteiger partial charge in [0.05, 0.1) is 15.2 Å². The first-order valence-corrected chi connectivity index (χ1v) is 8.67. The third-order valence-electron chi connectivity index (χ3n) is 2.63. The zero-order valence-corrected chi connectivity index (χ0v) is 14.5.